The fraction of sp³-hybridized carbons (Fsp3) is 0. The highest BCUT2D eigenvalue weighted by atomic mass is 16.1. The summed E-state index contributed by atoms with van der Waals surface area (Å²) in [6, 6.07) is 14.9. The number of carbonyl (C=O) groups is 1. The Kier molecular flexibility index (Phi) is 2.57. The Labute approximate surface area is 104 Å². The molecule has 0 saturated heterocycles. The average molecular weight is 234 g/mol. The number of nitrogens with zero attached hydrogens (tertiary/aromatic N) is 2. The van der Waals surface area contributed by atoms with Gasteiger partial charge in [0.1, 0.15) is 5.69 Å². The fourth-order valence-corrected chi connectivity index (χ4v) is 1.84. The molecule has 1 aromatic carbocycles. The molecule has 0 amide bonds. The van der Waals surface area contributed by atoms with Gasteiger partial charge < -0.3 is 0 Å². The van der Waals surface area contributed by atoms with E-state index in [1.807, 2.05) is 30.3 Å². The van der Waals surface area contributed by atoms with Crippen LogP contribution in [-0.2, 0) is 0 Å². The van der Waals surface area contributed by atoms with E-state index >= 15 is 0 Å². The van der Waals surface area contributed by atoms with Gasteiger partial charge in [0.15, 0.2) is 0 Å². The first-order valence-electron chi connectivity index (χ1n) is 5.65. The monoisotopic (exact) mass is 234 g/mol. The van der Waals surface area contributed by atoms with Gasteiger partial charge in [-0.2, -0.15) is 0 Å². The highest BCUT2D eigenvalue weighted by Crippen LogP contribution is 2.14. The topological polar surface area (TPSA) is 42.9 Å². The maximum absolute atomic E-state index is 12.2. The molecular formula is C15H10N2O. The van der Waals surface area contributed by atoms with Crippen LogP contribution in [0.2, 0.25) is 0 Å². The van der Waals surface area contributed by atoms with E-state index in [-0.39, 0.29) is 5.78 Å². The minimum Gasteiger partial charge on any atom is -0.287 e. The minimum atomic E-state index is -0.103. The van der Waals surface area contributed by atoms with Crippen LogP contribution >= 0.6 is 0 Å². The van der Waals surface area contributed by atoms with Crippen molar-refractivity contribution in [1.82, 2.24) is 9.97 Å². The molecule has 0 fully saturated rings. The summed E-state index contributed by atoms with van der Waals surface area (Å²) in [4.78, 5) is 20.5. The number of hydrogen-bond donors (Lipinski definition) is 0. The van der Waals surface area contributed by atoms with E-state index in [0.717, 1.165) is 10.9 Å². The summed E-state index contributed by atoms with van der Waals surface area (Å²) in [7, 11) is 0. The van der Waals surface area contributed by atoms with E-state index in [4.69, 9.17) is 0 Å². The van der Waals surface area contributed by atoms with Gasteiger partial charge in [0.2, 0.25) is 5.78 Å². The Balaban J connectivity index is 2.07. The molecule has 0 aliphatic rings. The first kappa shape index (κ1) is 10.6. The highest BCUT2D eigenvalue weighted by Gasteiger charge is 2.10. The van der Waals surface area contributed by atoms with Crippen molar-refractivity contribution in [3.8, 4) is 0 Å². The quantitative estimate of drug-likeness (QED) is 0.640. The second-order valence-electron chi connectivity index (χ2n) is 3.96. The van der Waals surface area contributed by atoms with E-state index in [2.05, 4.69) is 9.97 Å². The van der Waals surface area contributed by atoms with Crippen LogP contribution in [-0.4, -0.2) is 15.8 Å². The standard InChI is InChI=1S/C15H10N2O/c18-15(14-7-3-4-8-16-14)12-9-11-5-1-2-6-13(11)17-10-12/h1-10H. The fourth-order valence-electron chi connectivity index (χ4n) is 1.84. The second kappa shape index (κ2) is 4.37. The van der Waals surface area contributed by atoms with Gasteiger partial charge >= 0.3 is 0 Å². The Hall–Kier alpha value is -2.55. The number of carbonyl (C=O) groups excluding carboxylic acids is 1. The molecule has 0 saturated carbocycles. The summed E-state index contributed by atoms with van der Waals surface area (Å²) in [6.07, 6.45) is 3.21. The molecule has 3 aromatic rings. The smallest absolute Gasteiger partial charge is 0.212 e. The van der Waals surface area contributed by atoms with Crippen molar-refractivity contribution in [1.29, 1.82) is 0 Å². The number of pyridine rings is 2. The van der Waals surface area contributed by atoms with Crippen molar-refractivity contribution in [3.05, 3.63) is 72.2 Å². The lowest BCUT2D eigenvalue weighted by Gasteiger charge is -2.01. The molecule has 3 heteroatoms. The molecule has 0 aliphatic carbocycles. The van der Waals surface area contributed by atoms with Gasteiger partial charge in [-0.15, -0.1) is 0 Å². The normalized spacial score (nSPS) is 10.4. The largest absolute Gasteiger partial charge is 0.287 e. The number of rotatable bonds is 2. The van der Waals surface area contributed by atoms with E-state index in [1.165, 1.54) is 0 Å². The van der Waals surface area contributed by atoms with Crippen LogP contribution in [0.1, 0.15) is 16.1 Å². The van der Waals surface area contributed by atoms with Crippen molar-refractivity contribution >= 4 is 16.7 Å². The number of para-hydroxylation sites is 1. The van der Waals surface area contributed by atoms with Crippen LogP contribution in [0.15, 0.2) is 60.9 Å². The summed E-state index contributed by atoms with van der Waals surface area (Å²) < 4.78 is 0. The number of aromatic nitrogens is 2. The molecular weight excluding hydrogens is 224 g/mol. The molecule has 0 aliphatic heterocycles. The summed E-state index contributed by atoms with van der Waals surface area (Å²) >= 11 is 0. The molecule has 18 heavy (non-hydrogen) atoms. The molecule has 3 nitrogen and oxygen atoms in total. The predicted octanol–water partition coefficient (Wildman–Crippen LogP) is 2.86. The molecule has 2 heterocycles. The van der Waals surface area contributed by atoms with Crippen LogP contribution in [0.4, 0.5) is 0 Å². The molecule has 0 spiro atoms. The molecule has 3 rings (SSSR count). The maximum atomic E-state index is 12.2. The molecule has 2 aromatic heterocycles. The van der Waals surface area contributed by atoms with Crippen molar-refractivity contribution in [2.24, 2.45) is 0 Å². The van der Waals surface area contributed by atoms with Crippen LogP contribution in [0.5, 0.6) is 0 Å². The average Bonchev–Trinajstić information content (AvgIpc) is 2.47. The van der Waals surface area contributed by atoms with Crippen LogP contribution in [0, 0.1) is 0 Å². The van der Waals surface area contributed by atoms with Gasteiger partial charge in [-0.05, 0) is 24.3 Å². The Bertz CT molecular complexity index is 708. The third kappa shape index (κ3) is 1.86. The SMILES string of the molecule is O=C(c1cnc2ccccc2c1)c1ccccn1. The van der Waals surface area contributed by atoms with E-state index in [9.17, 15) is 4.79 Å². The summed E-state index contributed by atoms with van der Waals surface area (Å²) in [5, 5.41) is 0.958. The summed E-state index contributed by atoms with van der Waals surface area (Å²) in [5.41, 5.74) is 1.89. The Morgan fingerprint density at radius 2 is 1.78 bits per heavy atom. The van der Waals surface area contributed by atoms with Gasteiger partial charge in [-0.25, -0.2) is 0 Å². The zero-order chi connectivity index (χ0) is 12.4. The molecule has 0 radical (unpaired) electrons. The van der Waals surface area contributed by atoms with Crippen LogP contribution in [0.3, 0.4) is 0 Å². The highest BCUT2D eigenvalue weighted by molar-refractivity contribution is 6.08. The van der Waals surface area contributed by atoms with Crippen LogP contribution in [0.25, 0.3) is 10.9 Å². The number of hydrogen-bond acceptors (Lipinski definition) is 3. The Morgan fingerprint density at radius 3 is 2.61 bits per heavy atom. The number of benzene rings is 1. The third-order valence-electron chi connectivity index (χ3n) is 2.75. The zero-order valence-corrected chi connectivity index (χ0v) is 9.58. The molecule has 0 unspecified atom stereocenters. The lowest BCUT2D eigenvalue weighted by molar-refractivity contribution is 0.103. The zero-order valence-electron chi connectivity index (χ0n) is 9.58. The maximum Gasteiger partial charge on any atom is 0.212 e. The van der Waals surface area contributed by atoms with Crippen molar-refractivity contribution < 1.29 is 4.79 Å². The van der Waals surface area contributed by atoms with Gasteiger partial charge in [0.05, 0.1) is 5.52 Å². The van der Waals surface area contributed by atoms with Gasteiger partial charge in [0.25, 0.3) is 0 Å². The molecule has 86 valence electrons. The van der Waals surface area contributed by atoms with Crippen LogP contribution < -0.4 is 0 Å². The van der Waals surface area contributed by atoms with Crippen molar-refractivity contribution in [2.45, 2.75) is 0 Å². The van der Waals surface area contributed by atoms with Gasteiger partial charge in [-0.3, -0.25) is 14.8 Å². The predicted molar refractivity (Wildman–Crippen MR) is 69.4 cm³/mol. The summed E-state index contributed by atoms with van der Waals surface area (Å²) in [6.45, 7) is 0. The molecule has 0 N–H and O–H groups in total. The van der Waals surface area contributed by atoms with E-state index in [1.54, 1.807) is 30.6 Å². The molecule has 0 bridgehead atoms. The number of ketones is 1. The van der Waals surface area contributed by atoms with E-state index < -0.39 is 0 Å². The lowest BCUT2D eigenvalue weighted by atomic mass is 10.1. The second-order valence-corrected chi connectivity index (χ2v) is 3.96. The summed E-state index contributed by atoms with van der Waals surface area (Å²) in [5.74, 6) is -0.103. The van der Waals surface area contributed by atoms with Crippen molar-refractivity contribution in [2.75, 3.05) is 0 Å². The lowest BCUT2D eigenvalue weighted by Crippen LogP contribution is -2.03. The van der Waals surface area contributed by atoms with E-state index in [0.29, 0.717) is 11.3 Å². The minimum absolute atomic E-state index is 0.103. The third-order valence-corrected chi connectivity index (χ3v) is 2.75. The number of fused-ring (bicyclic) bond motifs is 1. The van der Waals surface area contributed by atoms with Gasteiger partial charge in [-0.1, -0.05) is 24.3 Å². The first-order valence-corrected chi connectivity index (χ1v) is 5.65. The molecule has 0 atom stereocenters. The van der Waals surface area contributed by atoms with Gasteiger partial charge in [0, 0.05) is 23.3 Å². The van der Waals surface area contributed by atoms with Crippen molar-refractivity contribution in [3.63, 3.8) is 0 Å². The Morgan fingerprint density at radius 1 is 0.944 bits per heavy atom. The first-order chi connectivity index (χ1) is 8.84.